The summed E-state index contributed by atoms with van der Waals surface area (Å²) in [4.78, 5) is 23.1. The predicted octanol–water partition coefficient (Wildman–Crippen LogP) is 3.23. The fourth-order valence-electron chi connectivity index (χ4n) is 2.82. The molecule has 28 heavy (non-hydrogen) atoms. The van der Waals surface area contributed by atoms with E-state index in [4.69, 9.17) is 0 Å². The van der Waals surface area contributed by atoms with E-state index >= 15 is 0 Å². The highest BCUT2D eigenvalue weighted by atomic mass is 32.2. The Labute approximate surface area is 165 Å². The summed E-state index contributed by atoms with van der Waals surface area (Å²) in [7, 11) is 0. The van der Waals surface area contributed by atoms with E-state index < -0.39 is 4.92 Å². The average molecular weight is 398 g/mol. The highest BCUT2D eigenvalue weighted by Crippen LogP contribution is 2.28. The van der Waals surface area contributed by atoms with Crippen molar-refractivity contribution in [2.24, 2.45) is 0 Å². The monoisotopic (exact) mass is 398 g/mol. The molecule has 0 aliphatic carbocycles. The molecule has 0 aliphatic rings. The van der Waals surface area contributed by atoms with Crippen LogP contribution in [-0.2, 0) is 4.79 Å². The smallest absolute Gasteiger partial charge is 0.293 e. The molecule has 3 aromatic rings. The summed E-state index contributed by atoms with van der Waals surface area (Å²) in [6.07, 6.45) is 0. The summed E-state index contributed by atoms with van der Waals surface area (Å²) in [5.74, 6) is -0.366. The van der Waals surface area contributed by atoms with Gasteiger partial charge in [-0.3, -0.25) is 14.9 Å². The van der Waals surface area contributed by atoms with Gasteiger partial charge in [-0.2, -0.15) is 4.68 Å². The second kappa shape index (κ2) is 8.17. The third kappa shape index (κ3) is 4.01. The van der Waals surface area contributed by atoms with Crippen LogP contribution in [0, 0.1) is 30.9 Å². The van der Waals surface area contributed by atoms with Crippen molar-refractivity contribution in [1.29, 1.82) is 0 Å². The third-order valence-corrected chi connectivity index (χ3v) is 5.06. The van der Waals surface area contributed by atoms with E-state index in [0.717, 1.165) is 28.6 Å². The van der Waals surface area contributed by atoms with Crippen LogP contribution in [-0.4, -0.2) is 36.8 Å². The summed E-state index contributed by atoms with van der Waals surface area (Å²) >= 11 is 1.16. The van der Waals surface area contributed by atoms with Gasteiger partial charge in [0.1, 0.15) is 5.69 Å². The van der Waals surface area contributed by atoms with Gasteiger partial charge in [0.05, 0.1) is 16.4 Å². The van der Waals surface area contributed by atoms with Crippen LogP contribution in [0.1, 0.15) is 16.7 Å². The molecule has 9 nitrogen and oxygen atoms in total. The first-order valence-electron chi connectivity index (χ1n) is 8.40. The number of aromatic nitrogens is 4. The number of nitrogens with zero attached hydrogens (tertiary/aromatic N) is 5. The van der Waals surface area contributed by atoms with Gasteiger partial charge in [0, 0.05) is 6.07 Å². The van der Waals surface area contributed by atoms with Crippen molar-refractivity contribution in [3.05, 3.63) is 63.2 Å². The van der Waals surface area contributed by atoms with Crippen LogP contribution in [0.25, 0.3) is 5.69 Å². The van der Waals surface area contributed by atoms with Crippen LogP contribution in [0.2, 0.25) is 0 Å². The fraction of sp³-hybridized carbons (Fsp3) is 0.222. The van der Waals surface area contributed by atoms with Crippen LogP contribution in [0.5, 0.6) is 0 Å². The number of hydrogen-bond acceptors (Lipinski definition) is 7. The minimum absolute atomic E-state index is 0.0107. The molecule has 1 heterocycles. The minimum Gasteiger partial charge on any atom is -0.319 e. The van der Waals surface area contributed by atoms with E-state index in [1.807, 2.05) is 32.0 Å². The predicted molar refractivity (Wildman–Crippen MR) is 106 cm³/mol. The number of tetrazole rings is 1. The van der Waals surface area contributed by atoms with Gasteiger partial charge in [0.2, 0.25) is 11.1 Å². The molecule has 0 saturated carbocycles. The first-order valence-corrected chi connectivity index (χ1v) is 9.38. The topological polar surface area (TPSA) is 116 Å². The van der Waals surface area contributed by atoms with Crippen molar-refractivity contribution in [3.8, 4) is 5.69 Å². The molecular weight excluding hydrogens is 380 g/mol. The van der Waals surface area contributed by atoms with Gasteiger partial charge in [0.25, 0.3) is 5.69 Å². The Morgan fingerprint density at radius 1 is 1.14 bits per heavy atom. The number of benzene rings is 2. The number of hydrogen-bond donors (Lipinski definition) is 1. The first-order chi connectivity index (χ1) is 13.4. The standard InChI is InChI=1S/C18H18N6O3S/c1-11-6-5-9-14(24(26)27)16(11)19-15(25)10-28-18-20-21-22-23(18)17-12(2)7-4-8-13(17)3/h4-9H,10H2,1-3H3,(H,19,25). The van der Waals surface area contributed by atoms with Crippen molar-refractivity contribution in [2.75, 3.05) is 11.1 Å². The molecule has 0 atom stereocenters. The number of nitro benzene ring substituents is 1. The minimum atomic E-state index is -0.517. The number of rotatable bonds is 6. The van der Waals surface area contributed by atoms with Gasteiger partial charge in [0.15, 0.2) is 0 Å². The van der Waals surface area contributed by atoms with Crippen LogP contribution in [0.3, 0.4) is 0 Å². The molecule has 144 valence electrons. The molecule has 1 aromatic heterocycles. The Kier molecular flexibility index (Phi) is 5.69. The molecule has 0 unspecified atom stereocenters. The molecular formula is C18H18N6O3S. The molecule has 2 aromatic carbocycles. The lowest BCUT2D eigenvalue weighted by atomic mass is 10.1. The van der Waals surface area contributed by atoms with Gasteiger partial charge >= 0.3 is 0 Å². The van der Waals surface area contributed by atoms with Gasteiger partial charge in [-0.15, -0.1) is 5.10 Å². The van der Waals surface area contributed by atoms with E-state index in [-0.39, 0.29) is 23.0 Å². The summed E-state index contributed by atoms with van der Waals surface area (Å²) in [5, 5.41) is 26.0. The van der Waals surface area contributed by atoms with Gasteiger partial charge < -0.3 is 5.32 Å². The number of nitro groups is 1. The maximum Gasteiger partial charge on any atom is 0.293 e. The average Bonchev–Trinajstić information content (AvgIpc) is 3.09. The number of carbonyl (C=O) groups excluding carboxylic acids is 1. The van der Waals surface area contributed by atoms with E-state index in [9.17, 15) is 14.9 Å². The fourth-order valence-corrected chi connectivity index (χ4v) is 3.50. The molecule has 10 heteroatoms. The Balaban J connectivity index is 1.76. The van der Waals surface area contributed by atoms with Crippen molar-refractivity contribution < 1.29 is 9.72 Å². The SMILES string of the molecule is Cc1cccc([N+](=O)[O-])c1NC(=O)CSc1nnnn1-c1c(C)cccc1C. The zero-order valence-electron chi connectivity index (χ0n) is 15.5. The second-order valence-corrected chi connectivity index (χ2v) is 7.12. The molecule has 0 radical (unpaired) electrons. The van der Waals surface area contributed by atoms with Crippen LogP contribution >= 0.6 is 11.8 Å². The molecule has 3 rings (SSSR count). The quantitative estimate of drug-likeness (QED) is 0.385. The normalized spacial score (nSPS) is 10.7. The van der Waals surface area contributed by atoms with Gasteiger partial charge in [-0.1, -0.05) is 42.1 Å². The van der Waals surface area contributed by atoms with Crippen LogP contribution in [0.15, 0.2) is 41.6 Å². The maximum absolute atomic E-state index is 12.4. The number of carbonyl (C=O) groups is 1. The Hall–Kier alpha value is -3.27. The van der Waals surface area contributed by atoms with Crippen molar-refractivity contribution in [2.45, 2.75) is 25.9 Å². The molecule has 1 N–H and O–H groups in total. The van der Waals surface area contributed by atoms with Crippen LogP contribution in [0.4, 0.5) is 11.4 Å². The molecule has 0 fully saturated rings. The molecule has 0 saturated heterocycles. The highest BCUT2D eigenvalue weighted by molar-refractivity contribution is 7.99. The summed E-state index contributed by atoms with van der Waals surface area (Å²) in [5.41, 5.74) is 3.56. The number of para-hydroxylation sites is 2. The summed E-state index contributed by atoms with van der Waals surface area (Å²) in [6.45, 7) is 5.63. The molecule has 0 aliphatic heterocycles. The maximum atomic E-state index is 12.4. The lowest BCUT2D eigenvalue weighted by molar-refractivity contribution is -0.384. The van der Waals surface area contributed by atoms with E-state index in [0.29, 0.717) is 10.7 Å². The lowest BCUT2D eigenvalue weighted by Gasteiger charge is -2.11. The van der Waals surface area contributed by atoms with E-state index in [1.165, 1.54) is 6.07 Å². The molecule has 0 bridgehead atoms. The zero-order chi connectivity index (χ0) is 20.3. The van der Waals surface area contributed by atoms with Crippen LogP contribution < -0.4 is 5.32 Å². The number of thioether (sulfide) groups is 1. The lowest BCUT2D eigenvalue weighted by Crippen LogP contribution is -2.16. The van der Waals surface area contributed by atoms with Crippen molar-refractivity contribution in [3.63, 3.8) is 0 Å². The van der Waals surface area contributed by atoms with E-state index in [2.05, 4.69) is 20.8 Å². The van der Waals surface area contributed by atoms with Gasteiger partial charge in [-0.25, -0.2) is 0 Å². The highest BCUT2D eigenvalue weighted by Gasteiger charge is 2.19. The molecule has 0 spiro atoms. The largest absolute Gasteiger partial charge is 0.319 e. The summed E-state index contributed by atoms with van der Waals surface area (Å²) in [6, 6.07) is 10.5. The zero-order valence-corrected chi connectivity index (χ0v) is 16.4. The van der Waals surface area contributed by atoms with E-state index in [1.54, 1.807) is 23.7 Å². The number of aryl methyl sites for hydroxylation is 3. The number of nitrogens with one attached hydrogen (secondary N) is 1. The molecule has 1 amide bonds. The number of anilines is 1. The third-order valence-electron chi connectivity index (χ3n) is 4.14. The van der Waals surface area contributed by atoms with Crippen molar-refractivity contribution >= 4 is 29.0 Å². The number of amides is 1. The second-order valence-electron chi connectivity index (χ2n) is 6.18. The summed E-state index contributed by atoms with van der Waals surface area (Å²) < 4.78 is 1.60. The van der Waals surface area contributed by atoms with Crippen molar-refractivity contribution in [1.82, 2.24) is 20.2 Å². The first kappa shape index (κ1) is 19.5. The van der Waals surface area contributed by atoms with Gasteiger partial charge in [-0.05, 0) is 47.9 Å². The Morgan fingerprint density at radius 2 is 1.79 bits per heavy atom. The Bertz CT molecular complexity index is 1030. The Morgan fingerprint density at radius 3 is 2.46 bits per heavy atom.